The molecule has 42 heavy (non-hydrogen) atoms. The number of rotatable bonds is 8. The number of ether oxygens (including phenoxy) is 1. The van der Waals surface area contributed by atoms with Gasteiger partial charge in [-0.3, -0.25) is 9.36 Å². The van der Waals surface area contributed by atoms with Crippen LogP contribution in [0.1, 0.15) is 71.9 Å². The van der Waals surface area contributed by atoms with Crippen molar-refractivity contribution in [3.8, 4) is 16.9 Å². The summed E-state index contributed by atoms with van der Waals surface area (Å²) in [4.78, 5) is 30.3. The van der Waals surface area contributed by atoms with E-state index in [9.17, 15) is 19.1 Å². The molecule has 10 heteroatoms. The maximum absolute atomic E-state index is 16.1. The van der Waals surface area contributed by atoms with Gasteiger partial charge in [0, 0.05) is 11.5 Å². The minimum Gasteiger partial charge on any atom is -0.481 e. The number of nitrogens with zero attached hydrogens (tertiary/aromatic N) is 2. The molecule has 1 aliphatic carbocycles. The van der Waals surface area contributed by atoms with E-state index in [0.717, 1.165) is 50.2 Å². The van der Waals surface area contributed by atoms with Crippen LogP contribution in [-0.4, -0.2) is 26.6 Å². The molecule has 1 heterocycles. The Morgan fingerprint density at radius 3 is 2.33 bits per heavy atom. The molecule has 0 aliphatic heterocycles. The second kappa shape index (κ2) is 13.0. The predicted octanol–water partition coefficient (Wildman–Crippen LogP) is 8.55. The molecule has 4 aromatic rings. The average Bonchev–Trinajstić information content (AvgIpc) is 3.15. The quantitative estimate of drug-likeness (QED) is 0.159. The second-order valence-corrected chi connectivity index (χ2v) is 11.1. The van der Waals surface area contributed by atoms with Crippen LogP contribution in [0.3, 0.4) is 0 Å². The summed E-state index contributed by atoms with van der Waals surface area (Å²) in [6, 6.07) is 15.7. The van der Waals surface area contributed by atoms with Crippen LogP contribution < -0.4 is 0 Å². The largest absolute Gasteiger partial charge is 0.481 e. The lowest BCUT2D eigenvalue weighted by atomic mass is 9.98. The highest BCUT2D eigenvalue weighted by molar-refractivity contribution is 6.31. The van der Waals surface area contributed by atoms with Crippen LogP contribution in [-0.2, 0) is 22.6 Å². The van der Waals surface area contributed by atoms with E-state index in [1.54, 1.807) is 0 Å². The normalized spacial score (nSPS) is 14.0. The van der Waals surface area contributed by atoms with Crippen molar-refractivity contribution in [2.45, 2.75) is 57.5 Å². The number of carbonyl (C=O) groups is 2. The Bertz CT molecular complexity index is 1620. The van der Waals surface area contributed by atoms with E-state index in [2.05, 4.69) is 0 Å². The SMILES string of the molecule is O=C(O)Cc1ccc(Cl)c(F)c1-n1c(C2CCCCCC2)nc(C(=O)OCc2ccccc2)c1-c1ccc(F)c(Cl)c1. The van der Waals surface area contributed by atoms with Gasteiger partial charge in [0.05, 0.1) is 27.8 Å². The molecule has 1 fully saturated rings. The highest BCUT2D eigenvalue weighted by Gasteiger charge is 2.33. The fourth-order valence-electron chi connectivity index (χ4n) is 5.45. The molecule has 6 nitrogen and oxygen atoms in total. The molecule has 1 N–H and O–H groups in total. The van der Waals surface area contributed by atoms with Crippen LogP contribution in [0.15, 0.2) is 60.7 Å². The summed E-state index contributed by atoms with van der Waals surface area (Å²) in [6.45, 7) is -0.0370. The highest BCUT2D eigenvalue weighted by atomic mass is 35.5. The number of benzene rings is 3. The average molecular weight is 613 g/mol. The van der Waals surface area contributed by atoms with Crippen molar-refractivity contribution < 1.29 is 28.2 Å². The molecule has 0 bridgehead atoms. The van der Waals surface area contributed by atoms with Crippen LogP contribution in [0.25, 0.3) is 16.9 Å². The zero-order valence-electron chi connectivity index (χ0n) is 22.6. The van der Waals surface area contributed by atoms with E-state index < -0.39 is 30.0 Å². The molecular formula is C32H28Cl2F2N2O4. The summed E-state index contributed by atoms with van der Waals surface area (Å²) < 4.78 is 37.5. The van der Waals surface area contributed by atoms with Gasteiger partial charge >= 0.3 is 11.9 Å². The van der Waals surface area contributed by atoms with Gasteiger partial charge in [-0.25, -0.2) is 18.6 Å². The Balaban J connectivity index is 1.79. The first-order valence-electron chi connectivity index (χ1n) is 13.7. The molecule has 0 radical (unpaired) electrons. The summed E-state index contributed by atoms with van der Waals surface area (Å²) >= 11 is 12.4. The fraction of sp³-hybridized carbons (Fsp3) is 0.281. The van der Waals surface area contributed by atoms with E-state index in [1.807, 2.05) is 30.3 Å². The molecule has 218 valence electrons. The molecule has 0 unspecified atom stereocenters. The summed E-state index contributed by atoms with van der Waals surface area (Å²) in [5.41, 5.74) is 1.03. The monoisotopic (exact) mass is 612 g/mol. The van der Waals surface area contributed by atoms with Gasteiger partial charge in [0.1, 0.15) is 18.2 Å². The van der Waals surface area contributed by atoms with Crippen molar-refractivity contribution in [3.63, 3.8) is 0 Å². The first kappa shape index (κ1) is 29.7. The van der Waals surface area contributed by atoms with Gasteiger partial charge < -0.3 is 9.84 Å². The summed E-state index contributed by atoms with van der Waals surface area (Å²) in [7, 11) is 0. The number of carboxylic acids is 1. The van der Waals surface area contributed by atoms with Crippen molar-refractivity contribution in [2.75, 3.05) is 0 Å². The Kier molecular flexibility index (Phi) is 9.24. The third-order valence-electron chi connectivity index (χ3n) is 7.44. The first-order chi connectivity index (χ1) is 20.2. The number of carboxylic acid groups (broad SMARTS) is 1. The van der Waals surface area contributed by atoms with E-state index >= 15 is 4.39 Å². The topological polar surface area (TPSA) is 81.4 Å². The summed E-state index contributed by atoms with van der Waals surface area (Å²) in [5, 5.41) is 9.23. The summed E-state index contributed by atoms with van der Waals surface area (Å²) in [5.74, 6) is -3.28. The molecule has 1 saturated carbocycles. The summed E-state index contributed by atoms with van der Waals surface area (Å²) in [6.07, 6.45) is 4.82. The molecule has 3 aromatic carbocycles. The highest BCUT2D eigenvalue weighted by Crippen LogP contribution is 2.40. The van der Waals surface area contributed by atoms with Gasteiger partial charge in [0.25, 0.3) is 0 Å². The third kappa shape index (κ3) is 6.35. The number of halogens is 4. The lowest BCUT2D eigenvalue weighted by Gasteiger charge is -2.21. The third-order valence-corrected chi connectivity index (χ3v) is 8.02. The van der Waals surface area contributed by atoms with E-state index in [-0.39, 0.29) is 50.8 Å². The van der Waals surface area contributed by atoms with Gasteiger partial charge in [-0.05, 0) is 48.2 Å². The van der Waals surface area contributed by atoms with E-state index in [1.165, 1.54) is 28.8 Å². The second-order valence-electron chi connectivity index (χ2n) is 10.3. The van der Waals surface area contributed by atoms with Crippen LogP contribution in [0.2, 0.25) is 10.0 Å². The number of aliphatic carboxylic acids is 1. The predicted molar refractivity (Wildman–Crippen MR) is 156 cm³/mol. The molecule has 1 aromatic heterocycles. The van der Waals surface area contributed by atoms with Gasteiger partial charge in [0.2, 0.25) is 0 Å². The van der Waals surface area contributed by atoms with Crippen LogP contribution >= 0.6 is 23.2 Å². The van der Waals surface area contributed by atoms with Crippen molar-refractivity contribution >= 4 is 35.1 Å². The number of carbonyl (C=O) groups excluding carboxylic acids is 1. The van der Waals surface area contributed by atoms with Gasteiger partial charge in [-0.1, -0.05) is 85.3 Å². The maximum atomic E-state index is 16.1. The fourth-order valence-corrected chi connectivity index (χ4v) is 5.78. The Morgan fingerprint density at radius 2 is 1.67 bits per heavy atom. The van der Waals surface area contributed by atoms with E-state index in [0.29, 0.717) is 5.82 Å². The van der Waals surface area contributed by atoms with Crippen molar-refractivity contribution in [1.82, 2.24) is 9.55 Å². The lowest BCUT2D eigenvalue weighted by molar-refractivity contribution is -0.136. The standard InChI is InChI=1S/C32H28Cl2F2N2O4/c33-23-14-12-22(17-26(39)40)29(27(23)36)38-30(21-13-15-25(35)24(34)16-21)28(32(41)42-18-19-8-4-3-5-9-19)37-31(38)20-10-6-1-2-7-11-20/h3-5,8-9,12-16,20H,1-2,6-7,10-11,17-18H2,(H,39,40). The van der Waals surface area contributed by atoms with Gasteiger partial charge in [-0.2, -0.15) is 0 Å². The molecule has 5 rings (SSSR count). The molecular weight excluding hydrogens is 585 g/mol. The minimum absolute atomic E-state index is 0.0370. The zero-order chi connectivity index (χ0) is 29.8. The van der Waals surface area contributed by atoms with Crippen LogP contribution in [0.4, 0.5) is 8.78 Å². The maximum Gasteiger partial charge on any atom is 0.359 e. The Hall–Kier alpha value is -3.75. The number of hydrogen-bond acceptors (Lipinski definition) is 4. The first-order valence-corrected chi connectivity index (χ1v) is 14.5. The zero-order valence-corrected chi connectivity index (χ0v) is 24.1. The minimum atomic E-state index is -1.18. The molecule has 0 spiro atoms. The number of esters is 1. The molecule has 0 atom stereocenters. The smallest absolute Gasteiger partial charge is 0.359 e. The van der Waals surface area contributed by atoms with E-state index in [4.69, 9.17) is 32.9 Å². The Labute approximate surface area is 251 Å². The van der Waals surface area contributed by atoms with Gasteiger partial charge in [0.15, 0.2) is 11.5 Å². The number of hydrogen-bond donors (Lipinski definition) is 1. The van der Waals surface area contributed by atoms with Crippen LogP contribution in [0.5, 0.6) is 0 Å². The number of aromatic nitrogens is 2. The number of imidazole rings is 1. The molecule has 1 aliphatic rings. The van der Waals surface area contributed by atoms with Crippen molar-refractivity contribution in [2.24, 2.45) is 0 Å². The molecule has 0 saturated heterocycles. The van der Waals surface area contributed by atoms with Crippen molar-refractivity contribution in [3.05, 3.63) is 105 Å². The van der Waals surface area contributed by atoms with Crippen molar-refractivity contribution in [1.29, 1.82) is 0 Å². The van der Waals surface area contributed by atoms with Gasteiger partial charge in [-0.15, -0.1) is 0 Å². The Morgan fingerprint density at radius 1 is 0.952 bits per heavy atom. The van der Waals surface area contributed by atoms with Crippen LogP contribution in [0, 0.1) is 11.6 Å². The lowest BCUT2D eigenvalue weighted by Crippen LogP contribution is -2.14. The molecule has 0 amide bonds.